The Morgan fingerprint density at radius 2 is 2.05 bits per heavy atom. The Balaban J connectivity index is 1.97. The Hall–Kier alpha value is -2.07. The van der Waals surface area contributed by atoms with E-state index < -0.39 is 0 Å². The summed E-state index contributed by atoms with van der Waals surface area (Å²) in [5, 5.41) is 0.812. The van der Waals surface area contributed by atoms with Crippen LogP contribution in [0, 0.1) is 6.92 Å². The number of carbonyl (C=O) groups is 1. The third-order valence-electron chi connectivity index (χ3n) is 3.33. The third-order valence-corrected chi connectivity index (χ3v) is 4.29. The summed E-state index contributed by atoms with van der Waals surface area (Å²) in [5.41, 5.74) is 3.94. The fourth-order valence-electron chi connectivity index (χ4n) is 2.23. The predicted molar refractivity (Wildman–Crippen MR) is 86.0 cm³/mol. The maximum absolute atomic E-state index is 12.0. The largest absolute Gasteiger partial charge is 0.333 e. The lowest BCUT2D eigenvalue weighted by Gasteiger charge is -2.05. The van der Waals surface area contributed by atoms with Crippen molar-refractivity contribution >= 4 is 28.6 Å². The van der Waals surface area contributed by atoms with Crippen LogP contribution in [0.25, 0.3) is 11.0 Å². The van der Waals surface area contributed by atoms with Crippen molar-refractivity contribution in [3.63, 3.8) is 0 Å². The molecule has 4 heteroatoms. The van der Waals surface area contributed by atoms with Gasteiger partial charge in [0.25, 0.3) is 0 Å². The van der Waals surface area contributed by atoms with E-state index in [9.17, 15) is 4.79 Å². The molecule has 0 aliphatic heterocycles. The van der Waals surface area contributed by atoms with E-state index in [0.717, 1.165) is 26.6 Å². The molecule has 21 heavy (non-hydrogen) atoms. The molecular formula is C17H16N2OS. The molecule has 3 aromatic rings. The zero-order chi connectivity index (χ0) is 14.8. The van der Waals surface area contributed by atoms with Gasteiger partial charge in [0.2, 0.25) is 0 Å². The number of rotatable bonds is 4. The van der Waals surface area contributed by atoms with E-state index in [1.807, 2.05) is 43.3 Å². The number of nitrogens with one attached hydrogen (secondary N) is 1. The number of aryl methyl sites for hydroxylation is 1. The van der Waals surface area contributed by atoms with Crippen LogP contribution in [0.15, 0.2) is 52.5 Å². The molecule has 1 heterocycles. The van der Waals surface area contributed by atoms with Crippen molar-refractivity contribution in [2.75, 3.05) is 0 Å². The van der Waals surface area contributed by atoms with Crippen LogP contribution in [0.1, 0.15) is 29.3 Å². The number of fused-ring (bicyclic) bond motifs is 1. The molecule has 0 spiro atoms. The first kappa shape index (κ1) is 13.9. The Morgan fingerprint density at radius 3 is 2.86 bits per heavy atom. The summed E-state index contributed by atoms with van der Waals surface area (Å²) in [6, 6.07) is 13.8. The molecule has 0 unspecified atom stereocenters. The lowest BCUT2D eigenvalue weighted by molar-refractivity contribution is 0.0985. The van der Waals surface area contributed by atoms with Gasteiger partial charge in [-0.2, -0.15) is 0 Å². The number of ketones is 1. The Bertz CT molecular complexity index is 807. The van der Waals surface area contributed by atoms with Crippen LogP contribution >= 0.6 is 11.8 Å². The van der Waals surface area contributed by atoms with Gasteiger partial charge in [-0.25, -0.2) is 4.98 Å². The van der Waals surface area contributed by atoms with Crippen LogP contribution in [0.2, 0.25) is 0 Å². The SMILES string of the molecule is CCC(=O)c1ccccc1Sc1nc2ccc(C)cc2[nH]1. The summed E-state index contributed by atoms with van der Waals surface area (Å²) in [7, 11) is 0. The van der Waals surface area contributed by atoms with E-state index in [2.05, 4.69) is 23.0 Å². The maximum atomic E-state index is 12.0. The van der Waals surface area contributed by atoms with Crippen molar-refractivity contribution in [1.82, 2.24) is 9.97 Å². The molecule has 3 rings (SSSR count). The van der Waals surface area contributed by atoms with E-state index in [4.69, 9.17) is 0 Å². The molecule has 0 fully saturated rings. The number of imidazole rings is 1. The van der Waals surface area contributed by atoms with Crippen molar-refractivity contribution in [2.45, 2.75) is 30.3 Å². The molecule has 2 aromatic carbocycles. The van der Waals surface area contributed by atoms with Crippen LogP contribution < -0.4 is 0 Å². The molecule has 0 atom stereocenters. The van der Waals surface area contributed by atoms with Gasteiger partial charge in [-0.15, -0.1) is 0 Å². The minimum absolute atomic E-state index is 0.157. The summed E-state index contributed by atoms with van der Waals surface area (Å²) in [4.78, 5) is 20.8. The number of benzene rings is 2. The second kappa shape index (κ2) is 5.74. The predicted octanol–water partition coefficient (Wildman–Crippen LogP) is 4.62. The fourth-order valence-corrected chi connectivity index (χ4v) is 3.18. The van der Waals surface area contributed by atoms with Gasteiger partial charge in [-0.3, -0.25) is 4.79 Å². The molecular weight excluding hydrogens is 280 g/mol. The van der Waals surface area contributed by atoms with Gasteiger partial charge in [-0.05, 0) is 30.7 Å². The highest BCUT2D eigenvalue weighted by atomic mass is 32.2. The number of H-pyrrole nitrogens is 1. The summed E-state index contributed by atoms with van der Waals surface area (Å²) in [6.45, 7) is 3.94. The van der Waals surface area contributed by atoms with Crippen molar-refractivity contribution in [3.8, 4) is 0 Å². The number of aromatic amines is 1. The monoisotopic (exact) mass is 296 g/mol. The number of nitrogens with zero attached hydrogens (tertiary/aromatic N) is 1. The highest BCUT2D eigenvalue weighted by molar-refractivity contribution is 7.99. The summed E-state index contributed by atoms with van der Waals surface area (Å²) in [6.07, 6.45) is 0.511. The lowest BCUT2D eigenvalue weighted by Crippen LogP contribution is -1.98. The normalized spacial score (nSPS) is 11.0. The molecule has 0 aliphatic rings. The van der Waals surface area contributed by atoms with Gasteiger partial charge < -0.3 is 4.98 Å². The smallest absolute Gasteiger partial charge is 0.171 e. The molecule has 1 aromatic heterocycles. The second-order valence-electron chi connectivity index (χ2n) is 4.94. The Labute approximate surface area is 127 Å². The molecule has 3 nitrogen and oxygen atoms in total. The maximum Gasteiger partial charge on any atom is 0.171 e. The minimum atomic E-state index is 0.157. The summed E-state index contributed by atoms with van der Waals surface area (Å²) in [5.74, 6) is 0.157. The van der Waals surface area contributed by atoms with Crippen molar-refractivity contribution in [2.24, 2.45) is 0 Å². The standard InChI is InChI=1S/C17H16N2OS/c1-3-15(20)12-6-4-5-7-16(12)21-17-18-13-9-8-11(2)10-14(13)19-17/h4-10H,3H2,1-2H3,(H,18,19). The molecule has 106 valence electrons. The quantitative estimate of drug-likeness (QED) is 0.715. The van der Waals surface area contributed by atoms with Gasteiger partial charge in [0.05, 0.1) is 11.0 Å². The van der Waals surface area contributed by atoms with Crippen molar-refractivity contribution < 1.29 is 4.79 Å². The lowest BCUT2D eigenvalue weighted by atomic mass is 10.1. The van der Waals surface area contributed by atoms with E-state index in [0.29, 0.717) is 6.42 Å². The zero-order valence-corrected chi connectivity index (χ0v) is 12.8. The number of carbonyl (C=O) groups excluding carboxylic acids is 1. The second-order valence-corrected chi connectivity index (χ2v) is 5.97. The first-order valence-corrected chi connectivity index (χ1v) is 7.75. The topological polar surface area (TPSA) is 45.8 Å². The average molecular weight is 296 g/mol. The van der Waals surface area contributed by atoms with Crippen LogP contribution in [0.5, 0.6) is 0 Å². The Kier molecular flexibility index (Phi) is 3.80. The van der Waals surface area contributed by atoms with Gasteiger partial charge in [0.1, 0.15) is 0 Å². The zero-order valence-electron chi connectivity index (χ0n) is 12.0. The minimum Gasteiger partial charge on any atom is -0.333 e. The van der Waals surface area contributed by atoms with Crippen LogP contribution in [-0.2, 0) is 0 Å². The molecule has 0 amide bonds. The number of hydrogen-bond donors (Lipinski definition) is 1. The molecule has 0 bridgehead atoms. The van der Waals surface area contributed by atoms with Crippen molar-refractivity contribution in [3.05, 3.63) is 53.6 Å². The third kappa shape index (κ3) is 2.85. The van der Waals surface area contributed by atoms with Crippen LogP contribution in [0.4, 0.5) is 0 Å². The van der Waals surface area contributed by atoms with Gasteiger partial charge in [0.15, 0.2) is 10.9 Å². The molecule has 0 aliphatic carbocycles. The Morgan fingerprint density at radius 1 is 1.24 bits per heavy atom. The number of hydrogen-bond acceptors (Lipinski definition) is 3. The molecule has 0 radical (unpaired) electrons. The van der Waals surface area contributed by atoms with E-state index in [-0.39, 0.29) is 5.78 Å². The van der Waals surface area contributed by atoms with Crippen LogP contribution in [0.3, 0.4) is 0 Å². The molecule has 1 N–H and O–H groups in total. The van der Waals surface area contributed by atoms with E-state index in [1.54, 1.807) is 0 Å². The number of Topliss-reactive ketones (excluding diaryl/α,β-unsaturated/α-hetero) is 1. The first-order chi connectivity index (χ1) is 10.2. The summed E-state index contributed by atoms with van der Waals surface area (Å²) < 4.78 is 0. The number of aromatic nitrogens is 2. The van der Waals surface area contributed by atoms with Gasteiger partial charge in [0, 0.05) is 16.9 Å². The van der Waals surface area contributed by atoms with E-state index in [1.165, 1.54) is 17.3 Å². The van der Waals surface area contributed by atoms with Gasteiger partial charge in [-0.1, -0.05) is 43.0 Å². The van der Waals surface area contributed by atoms with Gasteiger partial charge >= 0.3 is 0 Å². The van der Waals surface area contributed by atoms with E-state index >= 15 is 0 Å². The molecule has 0 saturated heterocycles. The summed E-state index contributed by atoms with van der Waals surface area (Å²) >= 11 is 1.50. The highest BCUT2D eigenvalue weighted by Gasteiger charge is 2.12. The van der Waals surface area contributed by atoms with Crippen molar-refractivity contribution in [1.29, 1.82) is 0 Å². The first-order valence-electron chi connectivity index (χ1n) is 6.94. The molecule has 0 saturated carbocycles. The average Bonchev–Trinajstić information content (AvgIpc) is 2.88. The highest BCUT2D eigenvalue weighted by Crippen LogP contribution is 2.30. The fraction of sp³-hybridized carbons (Fsp3) is 0.176. The van der Waals surface area contributed by atoms with Crippen LogP contribution in [-0.4, -0.2) is 15.8 Å².